The predicted octanol–water partition coefficient (Wildman–Crippen LogP) is 3.10. The molecule has 0 fully saturated rings. The zero-order valence-corrected chi connectivity index (χ0v) is 13.7. The molecule has 1 amide bonds. The monoisotopic (exact) mass is 357 g/mol. The molecule has 0 heterocycles. The summed E-state index contributed by atoms with van der Waals surface area (Å²) >= 11 is 0.825. The van der Waals surface area contributed by atoms with Crippen molar-refractivity contribution in [2.24, 2.45) is 0 Å². The van der Waals surface area contributed by atoms with Crippen LogP contribution in [0.5, 0.6) is 0 Å². The number of benzene rings is 2. The number of thioether (sulfide) groups is 1. The molecule has 0 aliphatic heterocycles. The van der Waals surface area contributed by atoms with Gasteiger partial charge in [0, 0.05) is 11.2 Å². The van der Waals surface area contributed by atoms with Gasteiger partial charge in [0.05, 0.1) is 16.3 Å². The number of para-hydroxylation sites is 1. The second-order valence-corrected chi connectivity index (χ2v) is 7.68. The lowest BCUT2D eigenvalue weighted by atomic mass is 10.3. The first-order valence-electron chi connectivity index (χ1n) is 6.44. The molecule has 23 heavy (non-hydrogen) atoms. The average molecular weight is 357 g/mol. The van der Waals surface area contributed by atoms with Crippen LogP contribution >= 0.6 is 11.8 Å². The molecule has 0 radical (unpaired) electrons. The molecule has 122 valence electrons. The molecule has 2 aromatic carbocycles. The summed E-state index contributed by atoms with van der Waals surface area (Å²) in [6, 6.07) is 8.94. The highest BCUT2D eigenvalue weighted by Crippen LogP contribution is 2.24. The third-order valence-corrected chi connectivity index (χ3v) is 5.00. The van der Waals surface area contributed by atoms with E-state index in [2.05, 4.69) is 5.32 Å². The molecule has 0 unspecified atom stereocenters. The molecule has 0 atom stereocenters. The van der Waals surface area contributed by atoms with Crippen LogP contribution in [-0.2, 0) is 14.6 Å². The number of rotatable bonds is 5. The Morgan fingerprint density at radius 3 is 2.57 bits per heavy atom. The van der Waals surface area contributed by atoms with Crippen molar-refractivity contribution in [2.75, 3.05) is 17.3 Å². The second kappa shape index (κ2) is 7.10. The van der Waals surface area contributed by atoms with E-state index in [1.807, 2.05) is 0 Å². The first-order valence-corrected chi connectivity index (χ1v) is 9.32. The smallest absolute Gasteiger partial charge is 0.234 e. The minimum atomic E-state index is -3.49. The van der Waals surface area contributed by atoms with Gasteiger partial charge in [-0.1, -0.05) is 12.1 Å². The summed E-state index contributed by atoms with van der Waals surface area (Å²) in [4.78, 5) is 11.9. The molecule has 0 bridgehead atoms. The van der Waals surface area contributed by atoms with Crippen molar-refractivity contribution in [3.8, 4) is 0 Å². The van der Waals surface area contributed by atoms with E-state index < -0.39 is 27.4 Å². The molecule has 0 spiro atoms. The van der Waals surface area contributed by atoms with Gasteiger partial charge >= 0.3 is 0 Å². The van der Waals surface area contributed by atoms with E-state index in [4.69, 9.17) is 0 Å². The standard InChI is InChI=1S/C15H13F2NO3S2/c1-23(20,21)14-5-3-2-4-12(14)18-15(19)9-22-13-8-10(16)6-7-11(13)17/h2-8H,9H2,1H3,(H,18,19). The fourth-order valence-corrected chi connectivity index (χ4v) is 3.42. The van der Waals surface area contributed by atoms with Gasteiger partial charge in [-0.3, -0.25) is 4.79 Å². The van der Waals surface area contributed by atoms with Crippen LogP contribution in [0.15, 0.2) is 52.3 Å². The van der Waals surface area contributed by atoms with Crippen molar-refractivity contribution in [3.63, 3.8) is 0 Å². The van der Waals surface area contributed by atoms with Gasteiger partial charge in [0.1, 0.15) is 11.6 Å². The number of carbonyl (C=O) groups is 1. The van der Waals surface area contributed by atoms with Crippen molar-refractivity contribution in [2.45, 2.75) is 9.79 Å². The first-order chi connectivity index (χ1) is 10.8. The Hall–Kier alpha value is -1.93. The Kier molecular flexibility index (Phi) is 5.38. The lowest BCUT2D eigenvalue weighted by Crippen LogP contribution is -2.16. The van der Waals surface area contributed by atoms with E-state index in [1.165, 1.54) is 12.1 Å². The van der Waals surface area contributed by atoms with E-state index in [-0.39, 0.29) is 21.2 Å². The summed E-state index contributed by atoms with van der Waals surface area (Å²) in [6.07, 6.45) is 1.04. The van der Waals surface area contributed by atoms with Crippen LogP contribution in [0.4, 0.5) is 14.5 Å². The Bertz CT molecular complexity index is 838. The molecule has 0 aromatic heterocycles. The third kappa shape index (κ3) is 4.77. The molecule has 8 heteroatoms. The summed E-state index contributed by atoms with van der Waals surface area (Å²) in [6.45, 7) is 0. The van der Waals surface area contributed by atoms with Crippen LogP contribution in [0.2, 0.25) is 0 Å². The number of anilines is 1. The van der Waals surface area contributed by atoms with Crippen LogP contribution in [0, 0.1) is 11.6 Å². The van der Waals surface area contributed by atoms with Crippen LogP contribution < -0.4 is 5.32 Å². The molecule has 0 saturated carbocycles. The first kappa shape index (κ1) is 17.4. The van der Waals surface area contributed by atoms with E-state index in [9.17, 15) is 22.0 Å². The van der Waals surface area contributed by atoms with Crippen LogP contribution in [0.3, 0.4) is 0 Å². The molecule has 1 N–H and O–H groups in total. The van der Waals surface area contributed by atoms with Gasteiger partial charge in [-0.05, 0) is 30.3 Å². The van der Waals surface area contributed by atoms with Crippen molar-refractivity contribution >= 4 is 33.2 Å². The highest BCUT2D eigenvalue weighted by molar-refractivity contribution is 8.00. The zero-order chi connectivity index (χ0) is 17.0. The Morgan fingerprint density at radius 1 is 1.17 bits per heavy atom. The van der Waals surface area contributed by atoms with Gasteiger partial charge < -0.3 is 5.32 Å². The van der Waals surface area contributed by atoms with Crippen LogP contribution in [0.1, 0.15) is 0 Å². The lowest BCUT2D eigenvalue weighted by molar-refractivity contribution is -0.113. The van der Waals surface area contributed by atoms with Crippen LogP contribution in [-0.4, -0.2) is 26.3 Å². The number of amides is 1. The number of halogens is 2. The highest BCUT2D eigenvalue weighted by Gasteiger charge is 2.15. The maximum absolute atomic E-state index is 13.5. The largest absolute Gasteiger partial charge is 0.324 e. The van der Waals surface area contributed by atoms with Gasteiger partial charge in [-0.25, -0.2) is 17.2 Å². The number of hydrogen-bond donors (Lipinski definition) is 1. The fourth-order valence-electron chi connectivity index (χ4n) is 1.81. The van der Waals surface area contributed by atoms with Gasteiger partial charge in [0.25, 0.3) is 0 Å². The molecule has 0 aliphatic carbocycles. The fraction of sp³-hybridized carbons (Fsp3) is 0.133. The number of sulfone groups is 1. The van der Waals surface area contributed by atoms with E-state index in [1.54, 1.807) is 12.1 Å². The summed E-state index contributed by atoms with van der Waals surface area (Å²) < 4.78 is 49.8. The summed E-state index contributed by atoms with van der Waals surface area (Å²) in [5.74, 6) is -1.93. The molecule has 2 aromatic rings. The molecule has 0 aliphatic rings. The summed E-state index contributed by atoms with van der Waals surface area (Å²) in [7, 11) is -3.49. The normalized spacial score (nSPS) is 11.3. The van der Waals surface area contributed by atoms with Crippen LogP contribution in [0.25, 0.3) is 0 Å². The molecule has 2 rings (SSSR count). The minimum Gasteiger partial charge on any atom is -0.324 e. The number of carbonyl (C=O) groups excluding carboxylic acids is 1. The molecule has 0 saturated heterocycles. The van der Waals surface area contributed by atoms with Crippen molar-refractivity contribution in [3.05, 3.63) is 54.1 Å². The van der Waals surface area contributed by atoms with E-state index in [0.29, 0.717) is 0 Å². The third-order valence-electron chi connectivity index (χ3n) is 2.81. The van der Waals surface area contributed by atoms with Gasteiger partial charge in [0.2, 0.25) is 5.91 Å². The van der Waals surface area contributed by atoms with Crippen molar-refractivity contribution < 1.29 is 22.0 Å². The Balaban J connectivity index is 2.08. The Morgan fingerprint density at radius 2 is 1.87 bits per heavy atom. The molecular formula is C15H13F2NO3S2. The number of hydrogen-bond acceptors (Lipinski definition) is 4. The topological polar surface area (TPSA) is 63.2 Å². The number of nitrogens with one attached hydrogen (secondary N) is 1. The lowest BCUT2D eigenvalue weighted by Gasteiger charge is -2.09. The van der Waals surface area contributed by atoms with Crippen molar-refractivity contribution in [1.29, 1.82) is 0 Å². The highest BCUT2D eigenvalue weighted by atomic mass is 32.2. The predicted molar refractivity (Wildman–Crippen MR) is 85.3 cm³/mol. The quantitative estimate of drug-likeness (QED) is 0.835. The second-order valence-electron chi connectivity index (χ2n) is 4.68. The summed E-state index contributed by atoms with van der Waals surface area (Å²) in [5.41, 5.74) is 0.153. The Labute approximate surface area is 136 Å². The zero-order valence-electron chi connectivity index (χ0n) is 12.0. The maximum Gasteiger partial charge on any atom is 0.234 e. The molecule has 4 nitrogen and oxygen atoms in total. The van der Waals surface area contributed by atoms with Gasteiger partial charge in [0.15, 0.2) is 9.84 Å². The van der Waals surface area contributed by atoms with Gasteiger partial charge in [-0.2, -0.15) is 0 Å². The molecular weight excluding hydrogens is 344 g/mol. The average Bonchev–Trinajstić information content (AvgIpc) is 2.47. The van der Waals surface area contributed by atoms with E-state index in [0.717, 1.165) is 36.2 Å². The van der Waals surface area contributed by atoms with Crippen molar-refractivity contribution in [1.82, 2.24) is 0 Å². The van der Waals surface area contributed by atoms with E-state index >= 15 is 0 Å². The van der Waals surface area contributed by atoms with Gasteiger partial charge in [-0.15, -0.1) is 11.8 Å². The maximum atomic E-state index is 13.5. The minimum absolute atomic E-state index is 0.00436. The summed E-state index contributed by atoms with van der Waals surface area (Å²) in [5, 5.41) is 2.47. The SMILES string of the molecule is CS(=O)(=O)c1ccccc1NC(=O)CSc1cc(F)ccc1F.